The van der Waals surface area contributed by atoms with E-state index in [1.54, 1.807) is 0 Å². The number of benzene rings is 2. The van der Waals surface area contributed by atoms with Crippen LogP contribution in [-0.4, -0.2) is 0 Å². The van der Waals surface area contributed by atoms with Crippen LogP contribution in [0.5, 0.6) is 0 Å². The van der Waals surface area contributed by atoms with Gasteiger partial charge in [-0.1, -0.05) is 41.4 Å². The number of rotatable bonds is 3. The van der Waals surface area contributed by atoms with Gasteiger partial charge in [0.15, 0.2) is 0 Å². The molecule has 94 valence electrons. The number of hydrogen-bond donors (Lipinski definition) is 1. The van der Waals surface area contributed by atoms with Gasteiger partial charge in [0.25, 0.3) is 0 Å². The van der Waals surface area contributed by atoms with Gasteiger partial charge >= 0.3 is 0 Å². The Hall–Kier alpha value is -0.700. The summed E-state index contributed by atoms with van der Waals surface area (Å²) < 4.78 is 0.939. The molecule has 0 aliphatic rings. The van der Waals surface area contributed by atoms with Crippen molar-refractivity contribution < 1.29 is 0 Å². The Labute approximate surface area is 125 Å². The molecule has 2 aromatic carbocycles. The molecule has 4 heteroatoms. The highest BCUT2D eigenvalue weighted by Crippen LogP contribution is 2.31. The molecule has 0 aliphatic carbocycles. The maximum Gasteiger partial charge on any atom is 0.0500 e. The molecule has 1 atom stereocenters. The Morgan fingerprint density at radius 2 is 1.83 bits per heavy atom. The van der Waals surface area contributed by atoms with Crippen molar-refractivity contribution >= 4 is 44.8 Å². The smallest absolute Gasteiger partial charge is 0.0500 e. The van der Waals surface area contributed by atoms with Crippen molar-refractivity contribution in [3.63, 3.8) is 0 Å². The first kappa shape index (κ1) is 13.7. The van der Waals surface area contributed by atoms with E-state index in [-0.39, 0.29) is 6.04 Å². The fourth-order valence-electron chi connectivity index (χ4n) is 1.74. The Balaban J connectivity index is 2.21. The standard InChI is InChI=1S/C14H12BrCl2N/c1-9(11-4-2-3-5-13(11)17)18-14-7-6-10(16)8-12(14)15/h2-9,18H,1H3. The van der Waals surface area contributed by atoms with Crippen molar-refractivity contribution in [1.82, 2.24) is 0 Å². The van der Waals surface area contributed by atoms with Gasteiger partial charge < -0.3 is 5.32 Å². The zero-order valence-electron chi connectivity index (χ0n) is 9.75. The minimum atomic E-state index is 0.121. The van der Waals surface area contributed by atoms with Crippen molar-refractivity contribution in [3.8, 4) is 0 Å². The Morgan fingerprint density at radius 3 is 2.50 bits per heavy atom. The molecule has 0 fully saturated rings. The van der Waals surface area contributed by atoms with E-state index in [1.165, 1.54) is 0 Å². The van der Waals surface area contributed by atoms with E-state index in [9.17, 15) is 0 Å². The zero-order valence-corrected chi connectivity index (χ0v) is 12.9. The van der Waals surface area contributed by atoms with Crippen LogP contribution in [0.2, 0.25) is 10.0 Å². The topological polar surface area (TPSA) is 12.0 Å². The molecule has 0 heterocycles. The lowest BCUT2D eigenvalue weighted by atomic mass is 10.1. The Bertz CT molecular complexity index is 557. The average Bonchev–Trinajstić information content (AvgIpc) is 2.33. The Kier molecular flexibility index (Phi) is 4.55. The van der Waals surface area contributed by atoms with Crippen molar-refractivity contribution in [2.75, 3.05) is 5.32 Å². The van der Waals surface area contributed by atoms with Gasteiger partial charge in [0.05, 0.1) is 6.04 Å². The highest BCUT2D eigenvalue weighted by molar-refractivity contribution is 9.10. The lowest BCUT2D eigenvalue weighted by Crippen LogP contribution is -2.07. The van der Waals surface area contributed by atoms with Crippen LogP contribution >= 0.6 is 39.1 Å². The van der Waals surface area contributed by atoms with E-state index < -0.39 is 0 Å². The summed E-state index contributed by atoms with van der Waals surface area (Å²) in [4.78, 5) is 0. The highest BCUT2D eigenvalue weighted by atomic mass is 79.9. The van der Waals surface area contributed by atoms with Crippen LogP contribution in [0.25, 0.3) is 0 Å². The van der Waals surface area contributed by atoms with E-state index in [0.29, 0.717) is 5.02 Å². The first-order valence-electron chi connectivity index (χ1n) is 5.54. The number of anilines is 1. The average molecular weight is 345 g/mol. The zero-order chi connectivity index (χ0) is 13.1. The van der Waals surface area contributed by atoms with Gasteiger partial charge in [-0.3, -0.25) is 0 Å². The summed E-state index contributed by atoms with van der Waals surface area (Å²) in [6.45, 7) is 2.07. The molecular weight excluding hydrogens is 333 g/mol. The van der Waals surface area contributed by atoms with Gasteiger partial charge in [-0.2, -0.15) is 0 Å². The Morgan fingerprint density at radius 1 is 1.11 bits per heavy atom. The van der Waals surface area contributed by atoms with E-state index in [0.717, 1.165) is 20.7 Å². The molecule has 0 saturated carbocycles. The van der Waals surface area contributed by atoms with Crippen LogP contribution in [-0.2, 0) is 0 Å². The minimum Gasteiger partial charge on any atom is -0.378 e. The van der Waals surface area contributed by atoms with Crippen LogP contribution in [0.1, 0.15) is 18.5 Å². The molecule has 0 aliphatic heterocycles. The van der Waals surface area contributed by atoms with Crippen molar-refractivity contribution in [1.29, 1.82) is 0 Å². The summed E-state index contributed by atoms with van der Waals surface area (Å²) in [5, 5.41) is 4.88. The molecular formula is C14H12BrCl2N. The second kappa shape index (κ2) is 5.96. The van der Waals surface area contributed by atoms with Crippen molar-refractivity contribution in [2.24, 2.45) is 0 Å². The fourth-order valence-corrected chi connectivity index (χ4v) is 2.84. The molecule has 0 aromatic heterocycles. The van der Waals surface area contributed by atoms with Gasteiger partial charge in [-0.25, -0.2) is 0 Å². The predicted octanol–water partition coefficient (Wildman–Crippen LogP) is 5.93. The summed E-state index contributed by atoms with van der Waals surface area (Å²) in [7, 11) is 0. The lowest BCUT2D eigenvalue weighted by Gasteiger charge is -2.18. The number of hydrogen-bond acceptors (Lipinski definition) is 1. The fraction of sp³-hybridized carbons (Fsp3) is 0.143. The molecule has 18 heavy (non-hydrogen) atoms. The quantitative estimate of drug-likeness (QED) is 0.727. The third-order valence-corrected chi connectivity index (χ3v) is 3.91. The molecule has 0 saturated heterocycles. The maximum absolute atomic E-state index is 6.18. The van der Waals surface area contributed by atoms with Crippen molar-refractivity contribution in [2.45, 2.75) is 13.0 Å². The van der Waals surface area contributed by atoms with Crippen LogP contribution in [0.4, 0.5) is 5.69 Å². The highest BCUT2D eigenvalue weighted by Gasteiger charge is 2.10. The van der Waals surface area contributed by atoms with Crippen molar-refractivity contribution in [3.05, 3.63) is 62.5 Å². The van der Waals surface area contributed by atoms with E-state index in [1.807, 2.05) is 42.5 Å². The van der Waals surface area contributed by atoms with Crippen LogP contribution < -0.4 is 5.32 Å². The maximum atomic E-state index is 6.18. The van der Waals surface area contributed by atoms with Gasteiger partial charge in [0.1, 0.15) is 0 Å². The molecule has 2 aromatic rings. The first-order chi connectivity index (χ1) is 8.58. The second-order valence-corrected chi connectivity index (χ2v) is 5.71. The van der Waals surface area contributed by atoms with Crippen LogP contribution in [0.3, 0.4) is 0 Å². The van der Waals surface area contributed by atoms with E-state index in [2.05, 4.69) is 28.2 Å². The van der Waals surface area contributed by atoms with Gasteiger partial charge in [-0.05, 0) is 52.7 Å². The van der Waals surface area contributed by atoms with Crippen LogP contribution in [0.15, 0.2) is 46.9 Å². The molecule has 0 radical (unpaired) electrons. The molecule has 0 spiro atoms. The predicted molar refractivity (Wildman–Crippen MR) is 82.6 cm³/mol. The molecule has 1 unspecified atom stereocenters. The summed E-state index contributed by atoms with van der Waals surface area (Å²) in [5.74, 6) is 0. The van der Waals surface area contributed by atoms with E-state index >= 15 is 0 Å². The number of halogens is 3. The minimum absolute atomic E-state index is 0.121. The van der Waals surface area contributed by atoms with Gasteiger partial charge in [0, 0.05) is 20.2 Å². The lowest BCUT2D eigenvalue weighted by molar-refractivity contribution is 0.884. The van der Waals surface area contributed by atoms with Gasteiger partial charge in [0.2, 0.25) is 0 Å². The summed E-state index contributed by atoms with van der Waals surface area (Å²) in [5.41, 5.74) is 2.06. The molecule has 0 amide bonds. The molecule has 0 bridgehead atoms. The van der Waals surface area contributed by atoms with E-state index in [4.69, 9.17) is 23.2 Å². The summed E-state index contributed by atoms with van der Waals surface area (Å²) in [6.07, 6.45) is 0. The normalized spacial score (nSPS) is 12.2. The van der Waals surface area contributed by atoms with Crippen LogP contribution in [0, 0.1) is 0 Å². The SMILES string of the molecule is CC(Nc1ccc(Cl)cc1Br)c1ccccc1Cl. The third-order valence-electron chi connectivity index (χ3n) is 2.67. The molecule has 1 N–H and O–H groups in total. The second-order valence-electron chi connectivity index (χ2n) is 4.01. The summed E-state index contributed by atoms with van der Waals surface area (Å²) >= 11 is 15.6. The number of nitrogens with one attached hydrogen (secondary N) is 1. The summed E-state index contributed by atoms with van der Waals surface area (Å²) in [6, 6.07) is 13.6. The third kappa shape index (κ3) is 3.19. The largest absolute Gasteiger partial charge is 0.378 e. The monoisotopic (exact) mass is 343 g/mol. The molecule has 2 rings (SSSR count). The first-order valence-corrected chi connectivity index (χ1v) is 7.09. The van der Waals surface area contributed by atoms with Gasteiger partial charge in [-0.15, -0.1) is 0 Å². The molecule has 1 nitrogen and oxygen atoms in total.